The number of hydrazone groups is 1. The van der Waals surface area contributed by atoms with E-state index in [2.05, 4.69) is 28.1 Å². The maximum absolute atomic E-state index is 12.1. The smallest absolute Gasteiger partial charge is 0.262 e. The number of hydrogen-bond acceptors (Lipinski definition) is 5. The second-order valence-corrected chi connectivity index (χ2v) is 7.02. The van der Waals surface area contributed by atoms with Crippen LogP contribution in [0, 0.1) is 0 Å². The molecule has 2 rings (SSSR count). The Morgan fingerprint density at radius 1 is 1.23 bits per heavy atom. The maximum Gasteiger partial charge on any atom is 0.262 e. The van der Waals surface area contributed by atoms with Crippen molar-refractivity contribution in [3.05, 3.63) is 53.1 Å². The minimum atomic E-state index is -0.330. The minimum Gasteiger partial charge on any atom is -0.493 e. The Bertz CT molecular complexity index is 892. The van der Waals surface area contributed by atoms with Crippen molar-refractivity contribution >= 4 is 46.7 Å². The molecule has 0 saturated heterocycles. The number of nitrogens with one attached hydrogen (secondary N) is 3. The normalized spacial score (nSPS) is 10.5. The largest absolute Gasteiger partial charge is 0.493 e. The molecule has 0 aliphatic carbocycles. The molecule has 160 valence electrons. The second-order valence-electron chi connectivity index (χ2n) is 6.21. The van der Waals surface area contributed by atoms with Gasteiger partial charge in [-0.15, -0.1) is 0 Å². The Labute approximate surface area is 186 Å². The van der Waals surface area contributed by atoms with Gasteiger partial charge in [-0.25, -0.2) is 0 Å². The van der Waals surface area contributed by atoms with E-state index >= 15 is 0 Å². The number of carbonyl (C=O) groups is 1. The van der Waals surface area contributed by atoms with Gasteiger partial charge in [0.25, 0.3) is 5.91 Å². The molecule has 0 aliphatic rings. The van der Waals surface area contributed by atoms with E-state index in [9.17, 15) is 4.79 Å². The third-order valence-corrected chi connectivity index (χ3v) is 4.46. The van der Waals surface area contributed by atoms with Gasteiger partial charge < -0.3 is 20.1 Å². The van der Waals surface area contributed by atoms with E-state index in [1.165, 1.54) is 7.11 Å². The zero-order valence-corrected chi connectivity index (χ0v) is 18.5. The highest BCUT2D eigenvalue weighted by molar-refractivity contribution is 7.80. The molecule has 0 saturated carbocycles. The number of thiocarbonyl (C=S) groups is 1. The summed E-state index contributed by atoms with van der Waals surface area (Å²) in [5, 5.41) is 10.8. The molecule has 30 heavy (non-hydrogen) atoms. The lowest BCUT2D eigenvalue weighted by Gasteiger charge is -2.12. The van der Waals surface area contributed by atoms with Crippen LogP contribution in [-0.4, -0.2) is 37.5 Å². The van der Waals surface area contributed by atoms with Gasteiger partial charge in [-0.1, -0.05) is 37.1 Å². The Balaban J connectivity index is 1.89. The lowest BCUT2D eigenvalue weighted by atomic mass is 10.2. The molecule has 0 heterocycles. The molecule has 3 N–H and O–H groups in total. The number of para-hydroxylation sites is 1. The first kappa shape index (κ1) is 23.4. The highest BCUT2D eigenvalue weighted by atomic mass is 35.5. The van der Waals surface area contributed by atoms with Crippen molar-refractivity contribution in [2.75, 3.05) is 25.6 Å². The molecule has 1 amide bonds. The van der Waals surface area contributed by atoms with Crippen molar-refractivity contribution in [1.82, 2.24) is 10.7 Å². The maximum atomic E-state index is 12.1. The lowest BCUT2D eigenvalue weighted by Crippen LogP contribution is -2.32. The zero-order valence-electron chi connectivity index (χ0n) is 16.9. The van der Waals surface area contributed by atoms with E-state index < -0.39 is 0 Å². The number of carbonyl (C=O) groups excluding carboxylic acids is 1. The first-order chi connectivity index (χ1) is 14.5. The average molecular weight is 449 g/mol. The number of unbranched alkanes of at least 4 members (excludes halogenated alkanes) is 1. The van der Waals surface area contributed by atoms with Crippen LogP contribution in [0.15, 0.2) is 47.6 Å². The van der Waals surface area contributed by atoms with Crippen molar-refractivity contribution in [1.29, 1.82) is 0 Å². The molecule has 9 heteroatoms. The van der Waals surface area contributed by atoms with E-state index in [1.54, 1.807) is 48.7 Å². The molecular formula is C21H25ClN4O3S. The summed E-state index contributed by atoms with van der Waals surface area (Å²) in [5.74, 6) is 0.589. The SMILES string of the molecule is CCCCNC(=S)N/N=C/c1ccc(OCC(=O)Nc2ccccc2Cl)c(OC)c1. The van der Waals surface area contributed by atoms with Gasteiger partial charge in [0.1, 0.15) is 0 Å². The minimum absolute atomic E-state index is 0.186. The molecule has 2 aromatic rings. The van der Waals surface area contributed by atoms with E-state index in [0.717, 1.165) is 24.9 Å². The van der Waals surface area contributed by atoms with Crippen molar-refractivity contribution in [2.45, 2.75) is 19.8 Å². The summed E-state index contributed by atoms with van der Waals surface area (Å²) >= 11 is 11.2. The number of nitrogens with zero attached hydrogens (tertiary/aromatic N) is 1. The van der Waals surface area contributed by atoms with Gasteiger partial charge in [0.05, 0.1) is 24.0 Å². The third-order valence-electron chi connectivity index (χ3n) is 3.89. The number of amides is 1. The van der Waals surface area contributed by atoms with Gasteiger partial charge in [0.2, 0.25) is 0 Å². The summed E-state index contributed by atoms with van der Waals surface area (Å²) in [6.45, 7) is 2.73. The molecule has 0 radical (unpaired) electrons. The first-order valence-electron chi connectivity index (χ1n) is 9.45. The Morgan fingerprint density at radius 2 is 2.03 bits per heavy atom. The van der Waals surface area contributed by atoms with Crippen LogP contribution in [-0.2, 0) is 4.79 Å². The Morgan fingerprint density at radius 3 is 2.77 bits per heavy atom. The Kier molecular flexibility index (Phi) is 9.90. The second kappa shape index (κ2) is 12.7. The predicted octanol–water partition coefficient (Wildman–Crippen LogP) is 3.96. The molecule has 0 aromatic heterocycles. The van der Waals surface area contributed by atoms with Crippen molar-refractivity contribution < 1.29 is 14.3 Å². The summed E-state index contributed by atoms with van der Waals surface area (Å²) in [4.78, 5) is 12.1. The number of anilines is 1. The molecular weight excluding hydrogens is 424 g/mol. The standard InChI is InChI=1S/C21H25ClN4O3S/c1-3-4-11-23-21(30)26-24-13-15-9-10-18(19(12-15)28-2)29-14-20(27)25-17-8-6-5-7-16(17)22/h5-10,12-13H,3-4,11,14H2,1-2H3,(H,25,27)(H2,23,26,30)/b24-13+. The van der Waals surface area contributed by atoms with Gasteiger partial charge in [0.15, 0.2) is 23.2 Å². The fraction of sp³-hybridized carbons (Fsp3) is 0.286. The third kappa shape index (κ3) is 7.88. The predicted molar refractivity (Wildman–Crippen MR) is 125 cm³/mol. The Hall–Kier alpha value is -2.84. The molecule has 0 aliphatic heterocycles. The lowest BCUT2D eigenvalue weighted by molar-refractivity contribution is -0.118. The summed E-state index contributed by atoms with van der Waals surface area (Å²) in [7, 11) is 1.53. The van der Waals surface area contributed by atoms with Crippen molar-refractivity contribution in [3.63, 3.8) is 0 Å². The first-order valence-corrected chi connectivity index (χ1v) is 10.2. The number of rotatable bonds is 10. The van der Waals surface area contributed by atoms with Crippen molar-refractivity contribution in [3.8, 4) is 11.5 Å². The number of halogens is 1. The number of methoxy groups -OCH3 is 1. The van der Waals surface area contributed by atoms with E-state index in [0.29, 0.717) is 27.3 Å². The van der Waals surface area contributed by atoms with Gasteiger partial charge in [-0.2, -0.15) is 5.10 Å². The van der Waals surface area contributed by atoms with Gasteiger partial charge in [-0.3, -0.25) is 10.2 Å². The topological polar surface area (TPSA) is 84.0 Å². The highest BCUT2D eigenvalue weighted by Crippen LogP contribution is 2.27. The molecule has 7 nitrogen and oxygen atoms in total. The van der Waals surface area contributed by atoms with Crippen LogP contribution in [0.1, 0.15) is 25.3 Å². The monoisotopic (exact) mass is 448 g/mol. The van der Waals surface area contributed by atoms with Crippen molar-refractivity contribution in [2.24, 2.45) is 5.10 Å². The van der Waals surface area contributed by atoms with Crippen LogP contribution in [0.5, 0.6) is 11.5 Å². The summed E-state index contributed by atoms with van der Waals surface area (Å²) in [6, 6.07) is 12.2. The molecule has 0 atom stereocenters. The van der Waals surface area contributed by atoms with Crippen LogP contribution >= 0.6 is 23.8 Å². The average Bonchev–Trinajstić information content (AvgIpc) is 2.74. The molecule has 0 fully saturated rings. The summed E-state index contributed by atoms with van der Waals surface area (Å²) < 4.78 is 10.9. The van der Waals surface area contributed by atoms with Gasteiger partial charge in [-0.05, 0) is 54.5 Å². The molecule has 0 bridgehead atoms. The van der Waals surface area contributed by atoms with E-state index in [-0.39, 0.29) is 12.5 Å². The molecule has 0 unspecified atom stereocenters. The molecule has 0 spiro atoms. The van der Waals surface area contributed by atoms with E-state index in [4.69, 9.17) is 33.3 Å². The number of benzene rings is 2. The molecule has 2 aromatic carbocycles. The van der Waals surface area contributed by atoms with Crippen LogP contribution in [0.25, 0.3) is 0 Å². The number of ether oxygens (including phenoxy) is 2. The van der Waals surface area contributed by atoms with Crippen LogP contribution in [0.3, 0.4) is 0 Å². The van der Waals surface area contributed by atoms with Crippen LogP contribution < -0.4 is 25.5 Å². The van der Waals surface area contributed by atoms with Crippen LogP contribution in [0.4, 0.5) is 5.69 Å². The summed E-state index contributed by atoms with van der Waals surface area (Å²) in [6.07, 6.45) is 3.75. The quantitative estimate of drug-likeness (QED) is 0.221. The fourth-order valence-corrected chi connectivity index (χ4v) is 2.70. The fourth-order valence-electron chi connectivity index (χ4n) is 2.36. The van der Waals surface area contributed by atoms with Gasteiger partial charge >= 0.3 is 0 Å². The zero-order chi connectivity index (χ0) is 21.8. The highest BCUT2D eigenvalue weighted by Gasteiger charge is 2.10. The number of hydrogen-bond donors (Lipinski definition) is 3. The summed E-state index contributed by atoms with van der Waals surface area (Å²) in [5.41, 5.74) is 4.07. The van der Waals surface area contributed by atoms with E-state index in [1.807, 2.05) is 0 Å². The van der Waals surface area contributed by atoms with Gasteiger partial charge in [0, 0.05) is 6.54 Å². The van der Waals surface area contributed by atoms with Crippen LogP contribution in [0.2, 0.25) is 5.02 Å².